The number of likely N-dealkylation sites (tertiary alicyclic amines) is 1. The molecule has 244 valence electrons. The number of fused-ring (bicyclic) bond motifs is 1. The van der Waals surface area contributed by atoms with Crippen LogP contribution in [0.15, 0.2) is 67.0 Å². The number of carbonyl (C=O) groups is 1. The third-order valence-corrected chi connectivity index (χ3v) is 9.53. The number of carbonyl (C=O) groups excluding carboxylic acids is 1. The van der Waals surface area contributed by atoms with Gasteiger partial charge >= 0.3 is 6.18 Å². The standard InChI is InChI=1S/C36H38F3N7O/c1-20(2)32(40)35(47)46-14-4-6-31(46)34-43-19-29(45-34)24-10-8-21-15-23(9-7-22(21)16-24)26-12-11-25(17-27(26)36(37,38)39)30-18-42-33(44-30)28-5-3-13-41-28/h7-12,15-20,28,31-32,41H,3-6,13-14,40H2,1-2H3,(H,42,44)(H,43,45)/t28-,31-,32-/m0/s1. The average Bonchev–Trinajstić information content (AvgIpc) is 3.89. The molecule has 4 heterocycles. The number of alkyl halides is 3. The number of rotatable bonds is 7. The molecule has 2 aromatic heterocycles. The van der Waals surface area contributed by atoms with Crippen LogP contribution in [0, 0.1) is 5.92 Å². The van der Waals surface area contributed by atoms with Gasteiger partial charge in [0.25, 0.3) is 0 Å². The molecular formula is C36H38F3N7O. The Morgan fingerprint density at radius 3 is 2.19 bits per heavy atom. The minimum absolute atomic E-state index is 0.0443. The molecule has 5 aromatic rings. The highest BCUT2D eigenvalue weighted by molar-refractivity contribution is 5.91. The molecule has 0 aliphatic carbocycles. The number of nitrogens with two attached hydrogens (primary N) is 1. The van der Waals surface area contributed by atoms with E-state index < -0.39 is 17.8 Å². The van der Waals surface area contributed by atoms with Crippen molar-refractivity contribution in [1.29, 1.82) is 0 Å². The molecule has 7 rings (SSSR count). The second-order valence-corrected chi connectivity index (χ2v) is 13.0. The van der Waals surface area contributed by atoms with Gasteiger partial charge in [-0.2, -0.15) is 13.2 Å². The van der Waals surface area contributed by atoms with Gasteiger partial charge in [-0.25, -0.2) is 9.97 Å². The van der Waals surface area contributed by atoms with Crippen LogP contribution < -0.4 is 11.1 Å². The zero-order valence-corrected chi connectivity index (χ0v) is 26.4. The highest BCUT2D eigenvalue weighted by atomic mass is 19.4. The third kappa shape index (κ3) is 6.05. The highest BCUT2D eigenvalue weighted by Crippen LogP contribution is 2.41. The molecule has 3 aromatic carbocycles. The van der Waals surface area contributed by atoms with Crippen LogP contribution in [0.5, 0.6) is 0 Å². The summed E-state index contributed by atoms with van der Waals surface area (Å²) >= 11 is 0. The highest BCUT2D eigenvalue weighted by Gasteiger charge is 2.36. The number of amides is 1. The zero-order valence-electron chi connectivity index (χ0n) is 26.4. The van der Waals surface area contributed by atoms with Crippen molar-refractivity contribution >= 4 is 16.7 Å². The Kier molecular flexibility index (Phi) is 8.13. The van der Waals surface area contributed by atoms with Crippen LogP contribution in [0.2, 0.25) is 0 Å². The van der Waals surface area contributed by atoms with E-state index in [4.69, 9.17) is 5.73 Å². The Morgan fingerprint density at radius 1 is 0.872 bits per heavy atom. The maximum atomic E-state index is 14.4. The maximum absolute atomic E-state index is 14.4. The molecule has 3 atom stereocenters. The van der Waals surface area contributed by atoms with E-state index in [0.717, 1.165) is 65.9 Å². The Hall–Kier alpha value is -4.48. The summed E-state index contributed by atoms with van der Waals surface area (Å²) in [5.74, 6) is 1.46. The smallest absolute Gasteiger partial charge is 0.341 e. The summed E-state index contributed by atoms with van der Waals surface area (Å²) < 4.78 is 43.3. The van der Waals surface area contributed by atoms with Gasteiger partial charge in [-0.3, -0.25) is 4.79 Å². The lowest BCUT2D eigenvalue weighted by atomic mass is 9.94. The van der Waals surface area contributed by atoms with Crippen LogP contribution in [0.3, 0.4) is 0 Å². The van der Waals surface area contributed by atoms with Gasteiger partial charge in [0.1, 0.15) is 11.6 Å². The van der Waals surface area contributed by atoms with Gasteiger partial charge < -0.3 is 25.9 Å². The number of halogens is 3. The van der Waals surface area contributed by atoms with E-state index in [1.165, 1.54) is 6.07 Å². The molecule has 47 heavy (non-hydrogen) atoms. The first-order chi connectivity index (χ1) is 22.6. The zero-order chi connectivity index (χ0) is 32.9. The molecule has 0 spiro atoms. The molecule has 2 aliphatic heterocycles. The van der Waals surface area contributed by atoms with Crippen molar-refractivity contribution in [2.45, 2.75) is 63.8 Å². The van der Waals surface area contributed by atoms with Gasteiger partial charge in [-0.15, -0.1) is 0 Å². The van der Waals surface area contributed by atoms with Gasteiger partial charge in [0, 0.05) is 17.7 Å². The molecule has 2 fully saturated rings. The van der Waals surface area contributed by atoms with Gasteiger partial charge in [-0.1, -0.05) is 50.2 Å². The Balaban J connectivity index is 1.15. The Bertz CT molecular complexity index is 1920. The number of H-pyrrole nitrogens is 2. The van der Waals surface area contributed by atoms with Crippen molar-refractivity contribution in [3.8, 4) is 33.6 Å². The van der Waals surface area contributed by atoms with E-state index in [1.807, 2.05) is 43.0 Å². The Labute approximate surface area is 271 Å². The predicted octanol–water partition coefficient (Wildman–Crippen LogP) is 7.38. The van der Waals surface area contributed by atoms with E-state index in [1.54, 1.807) is 36.7 Å². The molecular weight excluding hydrogens is 603 g/mol. The van der Waals surface area contributed by atoms with Crippen LogP contribution in [-0.4, -0.2) is 49.9 Å². The van der Waals surface area contributed by atoms with Crippen molar-refractivity contribution in [1.82, 2.24) is 30.2 Å². The SMILES string of the molecule is CC(C)[C@H](N)C(=O)N1CCC[C@H]1c1ncc(-c2ccc3cc(-c4ccc(-c5cnc([C@@H]6CCCN6)[nH]5)cc4C(F)(F)F)ccc3c2)[nH]1. The van der Waals surface area contributed by atoms with Crippen LogP contribution in [0.25, 0.3) is 44.4 Å². The lowest BCUT2D eigenvalue weighted by Gasteiger charge is -2.27. The predicted molar refractivity (Wildman–Crippen MR) is 176 cm³/mol. The second-order valence-electron chi connectivity index (χ2n) is 13.0. The molecule has 8 nitrogen and oxygen atoms in total. The average molecular weight is 642 g/mol. The van der Waals surface area contributed by atoms with Crippen molar-refractivity contribution in [3.63, 3.8) is 0 Å². The fourth-order valence-electron chi connectivity index (χ4n) is 6.80. The second kappa shape index (κ2) is 12.3. The molecule has 2 aliphatic rings. The molecule has 0 bridgehead atoms. The van der Waals surface area contributed by atoms with E-state index in [2.05, 4.69) is 25.3 Å². The van der Waals surface area contributed by atoms with E-state index >= 15 is 0 Å². The van der Waals surface area contributed by atoms with Crippen molar-refractivity contribution in [3.05, 3.63) is 84.2 Å². The summed E-state index contributed by atoms with van der Waals surface area (Å²) in [5.41, 5.74) is 8.79. The fraction of sp³-hybridized carbons (Fsp3) is 0.361. The molecule has 0 saturated carbocycles. The molecule has 5 N–H and O–H groups in total. The molecule has 11 heteroatoms. The molecule has 0 unspecified atom stereocenters. The number of nitrogens with zero attached hydrogens (tertiary/aromatic N) is 3. The van der Waals surface area contributed by atoms with Gasteiger partial charge in [0.05, 0.1) is 47.5 Å². The van der Waals surface area contributed by atoms with Crippen LogP contribution in [0.1, 0.15) is 68.8 Å². The summed E-state index contributed by atoms with van der Waals surface area (Å²) in [4.78, 5) is 30.5. The Morgan fingerprint density at radius 2 is 1.51 bits per heavy atom. The first-order valence-electron chi connectivity index (χ1n) is 16.2. The molecule has 0 radical (unpaired) electrons. The molecule has 1 amide bonds. The first-order valence-corrected chi connectivity index (χ1v) is 16.2. The largest absolute Gasteiger partial charge is 0.417 e. The topological polar surface area (TPSA) is 116 Å². The quantitative estimate of drug-likeness (QED) is 0.148. The minimum atomic E-state index is -4.54. The number of nitrogens with one attached hydrogen (secondary N) is 3. The first kappa shape index (κ1) is 31.1. The lowest BCUT2D eigenvalue weighted by molar-refractivity contribution is -0.137. The van der Waals surface area contributed by atoms with Crippen LogP contribution in [-0.2, 0) is 11.0 Å². The summed E-state index contributed by atoms with van der Waals surface area (Å²) in [5, 5.41) is 5.07. The number of hydrogen-bond acceptors (Lipinski definition) is 5. The van der Waals surface area contributed by atoms with Gasteiger partial charge in [0.15, 0.2) is 0 Å². The summed E-state index contributed by atoms with van der Waals surface area (Å²) in [6, 6.07) is 15.0. The number of hydrogen-bond donors (Lipinski definition) is 4. The molecule has 2 saturated heterocycles. The summed E-state index contributed by atoms with van der Waals surface area (Å²) in [6.45, 7) is 5.44. The van der Waals surface area contributed by atoms with Crippen LogP contribution in [0.4, 0.5) is 13.2 Å². The van der Waals surface area contributed by atoms with E-state index in [9.17, 15) is 18.0 Å². The van der Waals surface area contributed by atoms with E-state index in [-0.39, 0.29) is 29.5 Å². The monoisotopic (exact) mass is 641 g/mol. The summed E-state index contributed by atoms with van der Waals surface area (Å²) in [6.07, 6.45) is 2.51. The van der Waals surface area contributed by atoms with Crippen molar-refractivity contribution in [2.24, 2.45) is 11.7 Å². The minimum Gasteiger partial charge on any atom is -0.341 e. The number of aromatic amines is 2. The number of imidazole rings is 2. The van der Waals surface area contributed by atoms with Gasteiger partial charge in [-0.05, 0) is 78.2 Å². The maximum Gasteiger partial charge on any atom is 0.417 e. The number of aromatic nitrogens is 4. The summed E-state index contributed by atoms with van der Waals surface area (Å²) in [7, 11) is 0. The van der Waals surface area contributed by atoms with E-state index in [0.29, 0.717) is 23.4 Å². The normalized spacial score (nSPS) is 19.3. The lowest BCUT2D eigenvalue weighted by Crippen LogP contribution is -2.46. The van der Waals surface area contributed by atoms with Crippen molar-refractivity contribution < 1.29 is 18.0 Å². The van der Waals surface area contributed by atoms with Gasteiger partial charge in [0.2, 0.25) is 5.91 Å². The fourth-order valence-corrected chi connectivity index (χ4v) is 6.80. The van der Waals surface area contributed by atoms with Crippen LogP contribution >= 0.6 is 0 Å². The van der Waals surface area contributed by atoms with Crippen molar-refractivity contribution in [2.75, 3.05) is 13.1 Å². The number of benzene rings is 3. The third-order valence-electron chi connectivity index (χ3n) is 9.53.